The molecule has 11 nitrogen and oxygen atoms in total. The molecule has 1 unspecified atom stereocenters. The number of pyridine rings is 1. The predicted molar refractivity (Wildman–Crippen MR) is 185 cm³/mol. The number of carbonyl (C=O) groups excluding carboxylic acids is 1. The van der Waals surface area contributed by atoms with E-state index in [1.165, 1.54) is 21.3 Å². The number of methoxy groups -OCH3 is 3. The number of ether oxygens (including phenoxy) is 4. The van der Waals surface area contributed by atoms with E-state index < -0.39 is 6.04 Å². The fraction of sp³-hybridized carbons (Fsp3) is 0.184. The zero-order valence-electron chi connectivity index (χ0n) is 27.3. The van der Waals surface area contributed by atoms with Crippen LogP contribution in [0.5, 0.6) is 28.7 Å². The van der Waals surface area contributed by atoms with Gasteiger partial charge in [0.05, 0.1) is 38.1 Å². The van der Waals surface area contributed by atoms with Crippen LogP contribution in [-0.4, -0.2) is 52.8 Å². The van der Waals surface area contributed by atoms with Gasteiger partial charge in [-0.3, -0.25) is 4.79 Å². The minimum Gasteiger partial charge on any atom is -0.493 e. The highest BCUT2D eigenvalue weighted by molar-refractivity contribution is 6.09. The third-order valence-electron chi connectivity index (χ3n) is 8.51. The standard InChI is InChI=1S/C38H34N6O5/c1-46-31-21-25(22-32(47-2)36(31)48-3)35(37-41-43-44-42-37)40-38(45)33-28-13-7-8-15-30(28)39-34-24(10-9-14-29(33)34)20-23-16-18-27(19-17-23)49-26-11-5-4-6-12-26/h4-8,11-13,15-22,35H,9-10,14H2,1-3H3,(H,40,45)(H,41,42,43,44)/b24-20-. The van der Waals surface area contributed by atoms with E-state index >= 15 is 0 Å². The second-order valence-electron chi connectivity index (χ2n) is 11.5. The van der Waals surface area contributed by atoms with E-state index in [2.05, 4.69) is 32.0 Å². The normalized spacial score (nSPS) is 13.8. The molecule has 246 valence electrons. The molecule has 0 aliphatic heterocycles. The summed E-state index contributed by atoms with van der Waals surface area (Å²) in [7, 11) is 4.61. The van der Waals surface area contributed by atoms with Gasteiger partial charge in [-0.05, 0) is 90.1 Å². The third kappa shape index (κ3) is 6.38. The molecule has 2 heterocycles. The molecule has 1 amide bonds. The maximum atomic E-state index is 14.5. The van der Waals surface area contributed by atoms with E-state index in [0.717, 1.165) is 57.6 Å². The Hall–Kier alpha value is -6.23. The third-order valence-corrected chi connectivity index (χ3v) is 8.51. The lowest BCUT2D eigenvalue weighted by molar-refractivity contribution is 0.0942. The monoisotopic (exact) mass is 654 g/mol. The van der Waals surface area contributed by atoms with E-state index in [1.54, 1.807) is 12.1 Å². The molecule has 6 aromatic rings. The lowest BCUT2D eigenvalue weighted by Gasteiger charge is -2.24. The van der Waals surface area contributed by atoms with Gasteiger partial charge in [0.25, 0.3) is 5.91 Å². The van der Waals surface area contributed by atoms with Gasteiger partial charge in [0.1, 0.15) is 17.5 Å². The molecule has 0 fully saturated rings. The first-order chi connectivity index (χ1) is 24.1. The highest BCUT2D eigenvalue weighted by Gasteiger charge is 2.30. The molecule has 0 saturated heterocycles. The van der Waals surface area contributed by atoms with Crippen LogP contribution in [0.1, 0.15) is 57.5 Å². The second kappa shape index (κ2) is 13.9. The summed E-state index contributed by atoms with van der Waals surface area (Å²) in [6, 6.07) is 28.1. The Morgan fingerprint density at radius 2 is 1.57 bits per heavy atom. The number of nitrogens with zero attached hydrogens (tertiary/aromatic N) is 4. The Morgan fingerprint density at radius 1 is 0.857 bits per heavy atom. The topological polar surface area (TPSA) is 133 Å². The van der Waals surface area contributed by atoms with Gasteiger partial charge < -0.3 is 24.3 Å². The fourth-order valence-corrected chi connectivity index (χ4v) is 6.25. The number of carbonyl (C=O) groups is 1. The summed E-state index contributed by atoms with van der Waals surface area (Å²) in [6.45, 7) is 0. The summed E-state index contributed by atoms with van der Waals surface area (Å²) in [5.41, 5.74) is 5.73. The summed E-state index contributed by atoms with van der Waals surface area (Å²) in [6.07, 6.45) is 4.55. The number of hydrogen-bond donors (Lipinski definition) is 2. The van der Waals surface area contributed by atoms with Gasteiger partial charge >= 0.3 is 0 Å². The van der Waals surface area contributed by atoms with E-state index in [-0.39, 0.29) is 11.7 Å². The predicted octanol–water partition coefficient (Wildman–Crippen LogP) is 6.96. The number of fused-ring (bicyclic) bond motifs is 2. The number of H-pyrrole nitrogens is 1. The molecule has 0 spiro atoms. The number of aromatic nitrogens is 5. The van der Waals surface area contributed by atoms with Crippen LogP contribution in [-0.2, 0) is 6.42 Å². The molecule has 0 saturated carbocycles. The van der Waals surface area contributed by atoms with Crippen molar-refractivity contribution < 1.29 is 23.7 Å². The van der Waals surface area contributed by atoms with Gasteiger partial charge in [0, 0.05) is 5.39 Å². The van der Waals surface area contributed by atoms with Gasteiger partial charge in [-0.15, -0.1) is 10.2 Å². The summed E-state index contributed by atoms with van der Waals surface area (Å²) >= 11 is 0. The minimum absolute atomic E-state index is 0.273. The minimum atomic E-state index is -0.794. The maximum Gasteiger partial charge on any atom is 0.253 e. The van der Waals surface area contributed by atoms with Crippen LogP contribution < -0.4 is 24.3 Å². The molecule has 4 aromatic carbocycles. The van der Waals surface area contributed by atoms with Crippen molar-refractivity contribution in [2.45, 2.75) is 25.3 Å². The first-order valence-corrected chi connectivity index (χ1v) is 15.9. The van der Waals surface area contributed by atoms with Gasteiger partial charge in [-0.1, -0.05) is 53.7 Å². The molecule has 2 N–H and O–H groups in total. The van der Waals surface area contributed by atoms with Gasteiger partial charge in [-0.2, -0.15) is 5.21 Å². The van der Waals surface area contributed by atoms with Crippen LogP contribution in [0.25, 0.3) is 22.6 Å². The molecule has 2 aromatic heterocycles. The zero-order valence-corrected chi connectivity index (χ0v) is 27.3. The molecular weight excluding hydrogens is 620 g/mol. The fourth-order valence-electron chi connectivity index (χ4n) is 6.25. The summed E-state index contributed by atoms with van der Waals surface area (Å²) < 4.78 is 22.7. The zero-order chi connectivity index (χ0) is 33.7. The van der Waals surface area contributed by atoms with Crippen LogP contribution >= 0.6 is 0 Å². The van der Waals surface area contributed by atoms with Crippen molar-refractivity contribution in [1.82, 2.24) is 30.9 Å². The van der Waals surface area contributed by atoms with Crippen molar-refractivity contribution in [2.75, 3.05) is 21.3 Å². The Bertz CT molecular complexity index is 2110. The number of amides is 1. The van der Waals surface area contributed by atoms with Crippen molar-refractivity contribution in [3.63, 3.8) is 0 Å². The summed E-state index contributed by atoms with van der Waals surface area (Å²) in [5.74, 6) is 2.81. The van der Waals surface area contributed by atoms with Crippen LogP contribution in [0.3, 0.4) is 0 Å². The van der Waals surface area contributed by atoms with Crippen LogP contribution in [0.2, 0.25) is 0 Å². The molecule has 11 heteroatoms. The first-order valence-electron chi connectivity index (χ1n) is 15.9. The highest BCUT2D eigenvalue weighted by Crippen LogP contribution is 2.41. The lowest BCUT2D eigenvalue weighted by Crippen LogP contribution is -2.32. The number of para-hydroxylation sites is 2. The second-order valence-corrected chi connectivity index (χ2v) is 11.5. The molecule has 49 heavy (non-hydrogen) atoms. The van der Waals surface area contributed by atoms with E-state index in [9.17, 15) is 4.79 Å². The number of hydrogen-bond acceptors (Lipinski definition) is 9. The molecule has 0 bridgehead atoms. The van der Waals surface area contributed by atoms with Gasteiger partial charge in [0.2, 0.25) is 11.6 Å². The average Bonchev–Trinajstić information content (AvgIpc) is 3.68. The molecular formula is C38H34N6O5. The quantitative estimate of drug-likeness (QED) is 0.161. The number of aromatic amines is 1. The number of tetrazole rings is 1. The molecule has 1 aliphatic rings. The van der Waals surface area contributed by atoms with Crippen LogP contribution in [0, 0.1) is 0 Å². The maximum absolute atomic E-state index is 14.5. The van der Waals surface area contributed by atoms with E-state index in [0.29, 0.717) is 34.8 Å². The molecule has 1 atom stereocenters. The van der Waals surface area contributed by atoms with E-state index in [1.807, 2.05) is 78.9 Å². The first kappa shape index (κ1) is 31.4. The Morgan fingerprint density at radius 3 is 2.27 bits per heavy atom. The Balaban J connectivity index is 1.27. The molecule has 0 radical (unpaired) electrons. The van der Waals surface area contributed by atoms with Crippen LogP contribution in [0.4, 0.5) is 0 Å². The lowest BCUT2D eigenvalue weighted by atomic mass is 9.85. The number of allylic oxidation sites excluding steroid dienone is 1. The van der Waals surface area contributed by atoms with Crippen molar-refractivity contribution in [3.05, 3.63) is 125 Å². The van der Waals surface area contributed by atoms with Crippen molar-refractivity contribution in [2.24, 2.45) is 0 Å². The average molecular weight is 655 g/mol. The summed E-state index contributed by atoms with van der Waals surface area (Å²) in [5, 5.41) is 18.7. The largest absolute Gasteiger partial charge is 0.493 e. The number of nitrogens with one attached hydrogen (secondary N) is 2. The van der Waals surface area contributed by atoms with Gasteiger partial charge in [-0.25, -0.2) is 4.98 Å². The van der Waals surface area contributed by atoms with E-state index in [4.69, 9.17) is 23.9 Å². The number of benzene rings is 4. The number of rotatable bonds is 10. The Labute approximate surface area is 282 Å². The molecule has 1 aliphatic carbocycles. The van der Waals surface area contributed by atoms with Crippen molar-refractivity contribution >= 4 is 28.5 Å². The highest BCUT2D eigenvalue weighted by atomic mass is 16.5. The summed E-state index contributed by atoms with van der Waals surface area (Å²) in [4.78, 5) is 19.7. The Kier molecular flexibility index (Phi) is 8.88. The smallest absolute Gasteiger partial charge is 0.253 e. The van der Waals surface area contributed by atoms with Crippen molar-refractivity contribution in [3.8, 4) is 28.7 Å². The molecule has 7 rings (SSSR count). The van der Waals surface area contributed by atoms with Crippen LogP contribution in [0.15, 0.2) is 91.0 Å². The van der Waals surface area contributed by atoms with Gasteiger partial charge in [0.15, 0.2) is 11.5 Å². The van der Waals surface area contributed by atoms with Crippen molar-refractivity contribution in [1.29, 1.82) is 0 Å². The SMILES string of the molecule is COc1cc(C(NC(=O)c2c3c(nc4ccccc24)/C(=C\c2ccc(Oc4ccccc4)cc2)CCC3)c2nn[nH]n2)cc(OC)c1OC.